The van der Waals surface area contributed by atoms with Crippen molar-refractivity contribution in [1.29, 1.82) is 0 Å². The molecule has 114 valence electrons. The van der Waals surface area contributed by atoms with E-state index in [9.17, 15) is 9.59 Å². The van der Waals surface area contributed by atoms with Crippen LogP contribution in [-0.4, -0.2) is 36.5 Å². The Hall–Kier alpha value is -1.75. The zero-order valence-corrected chi connectivity index (χ0v) is 12.6. The molecule has 0 aromatic heterocycles. The van der Waals surface area contributed by atoms with E-state index in [1.54, 1.807) is 4.90 Å². The largest absolute Gasteiger partial charge is 0.369 e. The first-order valence-electron chi connectivity index (χ1n) is 7.13. The highest BCUT2D eigenvalue weighted by molar-refractivity contribution is 6.30. The fourth-order valence-corrected chi connectivity index (χ4v) is 2.72. The minimum Gasteiger partial charge on any atom is -0.369 e. The van der Waals surface area contributed by atoms with Gasteiger partial charge in [0.2, 0.25) is 5.91 Å². The summed E-state index contributed by atoms with van der Waals surface area (Å²) >= 11 is 5.91. The van der Waals surface area contributed by atoms with Gasteiger partial charge in [0.25, 0.3) is 0 Å². The molecule has 1 aliphatic heterocycles. The summed E-state index contributed by atoms with van der Waals surface area (Å²) in [5, 5.41) is 3.57. The van der Waals surface area contributed by atoms with Gasteiger partial charge in [0, 0.05) is 24.7 Å². The van der Waals surface area contributed by atoms with E-state index >= 15 is 0 Å². The number of carbonyl (C=O) groups is 2. The number of nitrogens with two attached hydrogens (primary N) is 1. The van der Waals surface area contributed by atoms with Gasteiger partial charge in [-0.1, -0.05) is 23.7 Å². The first kappa shape index (κ1) is 15.6. The van der Waals surface area contributed by atoms with Crippen molar-refractivity contribution in [1.82, 2.24) is 10.2 Å². The molecule has 0 saturated carbocycles. The van der Waals surface area contributed by atoms with E-state index in [0.717, 1.165) is 24.8 Å². The van der Waals surface area contributed by atoms with Gasteiger partial charge in [0.1, 0.15) is 0 Å². The predicted octanol–water partition coefficient (Wildman–Crippen LogP) is 1.79. The molecule has 1 saturated heterocycles. The van der Waals surface area contributed by atoms with E-state index in [0.29, 0.717) is 24.7 Å². The number of rotatable bonds is 4. The highest BCUT2D eigenvalue weighted by atomic mass is 35.5. The van der Waals surface area contributed by atoms with Crippen molar-refractivity contribution < 1.29 is 9.59 Å². The lowest BCUT2D eigenvalue weighted by molar-refractivity contribution is -0.123. The average Bonchev–Trinajstić information content (AvgIpc) is 2.47. The first-order chi connectivity index (χ1) is 10.1. The van der Waals surface area contributed by atoms with Crippen LogP contribution in [0.5, 0.6) is 0 Å². The molecule has 1 fully saturated rings. The highest BCUT2D eigenvalue weighted by Crippen LogP contribution is 2.16. The number of hydrogen-bond donors (Lipinski definition) is 2. The predicted molar refractivity (Wildman–Crippen MR) is 82.0 cm³/mol. The maximum Gasteiger partial charge on any atom is 0.317 e. The zero-order valence-electron chi connectivity index (χ0n) is 11.8. The van der Waals surface area contributed by atoms with Gasteiger partial charge in [0.05, 0.1) is 5.92 Å². The molecule has 0 spiro atoms. The summed E-state index contributed by atoms with van der Waals surface area (Å²) in [6.45, 7) is 1.63. The molecular weight excluding hydrogens is 290 g/mol. The summed E-state index contributed by atoms with van der Waals surface area (Å²) < 4.78 is 0. The molecule has 21 heavy (non-hydrogen) atoms. The molecule has 0 unspecified atom stereocenters. The second kappa shape index (κ2) is 7.31. The third-order valence-corrected chi connectivity index (χ3v) is 3.92. The zero-order chi connectivity index (χ0) is 15.2. The number of nitrogens with one attached hydrogen (secondary N) is 1. The maximum absolute atomic E-state index is 12.1. The summed E-state index contributed by atoms with van der Waals surface area (Å²) in [4.78, 5) is 24.9. The Balaban J connectivity index is 1.78. The summed E-state index contributed by atoms with van der Waals surface area (Å²) in [6.07, 6.45) is 2.30. The number of halogens is 1. The molecule has 3 N–H and O–H groups in total. The average molecular weight is 310 g/mol. The molecule has 1 aromatic rings. The van der Waals surface area contributed by atoms with Gasteiger partial charge in [-0.25, -0.2) is 4.79 Å². The molecule has 0 bridgehead atoms. The van der Waals surface area contributed by atoms with Crippen molar-refractivity contribution in [3.05, 3.63) is 34.9 Å². The van der Waals surface area contributed by atoms with E-state index in [1.165, 1.54) is 0 Å². The third-order valence-electron chi connectivity index (χ3n) is 3.69. The normalized spacial score (nSPS) is 18.3. The molecular formula is C15H20ClN3O2. The Morgan fingerprint density at radius 2 is 2.24 bits per heavy atom. The van der Waals surface area contributed by atoms with Crippen LogP contribution in [0.4, 0.5) is 4.79 Å². The fourth-order valence-electron chi connectivity index (χ4n) is 2.51. The van der Waals surface area contributed by atoms with Gasteiger partial charge in [-0.05, 0) is 37.0 Å². The summed E-state index contributed by atoms with van der Waals surface area (Å²) in [5.74, 6) is -0.552. The van der Waals surface area contributed by atoms with Gasteiger partial charge in [-0.2, -0.15) is 0 Å². The molecule has 1 aromatic carbocycles. The lowest BCUT2D eigenvalue weighted by Crippen LogP contribution is -2.48. The molecule has 3 amide bonds. The van der Waals surface area contributed by atoms with Crippen LogP contribution in [0, 0.1) is 5.92 Å². The van der Waals surface area contributed by atoms with Gasteiger partial charge < -0.3 is 16.0 Å². The lowest BCUT2D eigenvalue weighted by Gasteiger charge is -2.31. The molecule has 2 rings (SSSR count). The van der Waals surface area contributed by atoms with Crippen LogP contribution in [0.2, 0.25) is 5.02 Å². The fraction of sp³-hybridized carbons (Fsp3) is 0.467. The maximum atomic E-state index is 12.1. The number of likely N-dealkylation sites (tertiary alicyclic amines) is 1. The quantitative estimate of drug-likeness (QED) is 0.889. The second-order valence-electron chi connectivity index (χ2n) is 5.30. The minimum absolute atomic E-state index is 0.136. The molecule has 1 aliphatic rings. The number of primary amides is 1. The number of benzene rings is 1. The van der Waals surface area contributed by atoms with E-state index in [1.807, 2.05) is 24.3 Å². The van der Waals surface area contributed by atoms with E-state index in [4.69, 9.17) is 17.3 Å². The van der Waals surface area contributed by atoms with Crippen LogP contribution in [-0.2, 0) is 11.2 Å². The number of nitrogens with zero attached hydrogens (tertiary/aromatic N) is 1. The van der Waals surface area contributed by atoms with Crippen LogP contribution < -0.4 is 11.1 Å². The minimum atomic E-state index is -0.327. The van der Waals surface area contributed by atoms with Crippen molar-refractivity contribution in [3.8, 4) is 0 Å². The molecule has 5 nitrogen and oxygen atoms in total. The smallest absolute Gasteiger partial charge is 0.317 e. The van der Waals surface area contributed by atoms with Gasteiger partial charge in [-0.15, -0.1) is 0 Å². The van der Waals surface area contributed by atoms with E-state index < -0.39 is 0 Å². The summed E-state index contributed by atoms with van der Waals surface area (Å²) in [5.41, 5.74) is 6.39. The molecule has 0 radical (unpaired) electrons. The lowest BCUT2D eigenvalue weighted by atomic mass is 9.98. The monoisotopic (exact) mass is 309 g/mol. The van der Waals surface area contributed by atoms with Crippen LogP contribution in [0.25, 0.3) is 0 Å². The van der Waals surface area contributed by atoms with Crippen molar-refractivity contribution in [3.63, 3.8) is 0 Å². The number of hydrogen-bond acceptors (Lipinski definition) is 2. The van der Waals surface area contributed by atoms with Gasteiger partial charge in [0.15, 0.2) is 0 Å². The molecule has 1 heterocycles. The number of carbonyl (C=O) groups excluding carboxylic acids is 2. The van der Waals surface area contributed by atoms with Gasteiger partial charge in [-0.3, -0.25) is 4.79 Å². The molecule has 1 atom stereocenters. The first-order valence-corrected chi connectivity index (χ1v) is 7.50. The van der Waals surface area contributed by atoms with Crippen LogP contribution in [0.3, 0.4) is 0 Å². The Morgan fingerprint density at radius 1 is 1.43 bits per heavy atom. The SMILES string of the molecule is NC(=O)[C@H]1CCCN(C(=O)NCCc2cccc(Cl)c2)C1. The number of piperidine rings is 1. The number of urea groups is 1. The topological polar surface area (TPSA) is 75.4 Å². The summed E-state index contributed by atoms with van der Waals surface area (Å²) in [7, 11) is 0. The standard InChI is InChI=1S/C15H20ClN3O2/c16-13-5-1-3-11(9-13)6-7-18-15(21)19-8-2-4-12(10-19)14(17)20/h1,3,5,9,12H,2,4,6-8,10H2,(H2,17,20)(H,18,21)/t12-/m0/s1. The van der Waals surface area contributed by atoms with Crippen molar-refractivity contribution in [2.45, 2.75) is 19.3 Å². The van der Waals surface area contributed by atoms with Crippen molar-refractivity contribution in [2.75, 3.05) is 19.6 Å². The molecule has 6 heteroatoms. The Labute approximate surface area is 129 Å². The van der Waals surface area contributed by atoms with Crippen molar-refractivity contribution in [2.24, 2.45) is 11.7 Å². The Morgan fingerprint density at radius 3 is 2.95 bits per heavy atom. The van der Waals surface area contributed by atoms with Crippen molar-refractivity contribution >= 4 is 23.5 Å². The van der Waals surface area contributed by atoms with E-state index in [2.05, 4.69) is 5.32 Å². The second-order valence-corrected chi connectivity index (χ2v) is 5.74. The molecule has 0 aliphatic carbocycles. The van der Waals surface area contributed by atoms with Crippen LogP contribution in [0.1, 0.15) is 18.4 Å². The van der Waals surface area contributed by atoms with E-state index in [-0.39, 0.29) is 17.9 Å². The third kappa shape index (κ3) is 4.63. The highest BCUT2D eigenvalue weighted by Gasteiger charge is 2.26. The van der Waals surface area contributed by atoms with Crippen LogP contribution in [0.15, 0.2) is 24.3 Å². The number of amides is 3. The Kier molecular flexibility index (Phi) is 5.44. The van der Waals surface area contributed by atoms with Gasteiger partial charge >= 0.3 is 6.03 Å². The Bertz CT molecular complexity index is 521. The van der Waals surface area contributed by atoms with Crippen LogP contribution >= 0.6 is 11.6 Å². The summed E-state index contributed by atoms with van der Waals surface area (Å²) in [6, 6.07) is 7.44.